The fourth-order valence-electron chi connectivity index (χ4n) is 1.56. The second-order valence-electron chi connectivity index (χ2n) is 4.61. The molecular weight excluding hydrogens is 158 g/mol. The molecule has 0 fully saturated rings. The molecule has 0 N–H and O–H groups in total. The zero-order chi connectivity index (χ0) is 10.1. The molecule has 0 amide bonds. The van der Waals surface area contributed by atoms with Crippen LogP contribution in [0, 0.1) is 0 Å². The molecule has 0 aliphatic carbocycles. The minimum atomic E-state index is 0.282. The maximum Gasteiger partial charge on any atom is 0.0193 e. The predicted octanol–water partition coefficient (Wildman–Crippen LogP) is 3.37. The van der Waals surface area contributed by atoms with Gasteiger partial charge in [-0.3, -0.25) is 0 Å². The maximum atomic E-state index is 2.35. The van der Waals surface area contributed by atoms with Crippen molar-refractivity contribution in [1.82, 2.24) is 4.57 Å². The third-order valence-electron chi connectivity index (χ3n) is 2.55. The van der Waals surface area contributed by atoms with Crippen molar-refractivity contribution < 1.29 is 0 Å². The Kier molecular flexibility index (Phi) is 2.84. The fraction of sp³-hybridized carbons (Fsp3) is 0.667. The molecular formula is C12H21N. The normalized spacial score (nSPS) is 12.1. The summed E-state index contributed by atoms with van der Waals surface area (Å²) in [6, 6.07) is 2.34. The molecule has 1 heterocycles. The zero-order valence-electron chi connectivity index (χ0n) is 9.52. The standard InChI is InChI=1S/C12H21N/c1-6-11-8-10(12(3,4)5)9-13(11)7-2/h8-9H,6-7H2,1-5H3. The SMILES string of the molecule is CCc1cc(C(C)(C)C)cn1CC. The van der Waals surface area contributed by atoms with Gasteiger partial charge in [0.05, 0.1) is 0 Å². The predicted molar refractivity (Wildman–Crippen MR) is 58.2 cm³/mol. The lowest BCUT2D eigenvalue weighted by molar-refractivity contribution is 0.587. The van der Waals surface area contributed by atoms with Gasteiger partial charge in [-0.25, -0.2) is 0 Å². The van der Waals surface area contributed by atoms with E-state index in [1.165, 1.54) is 11.3 Å². The highest BCUT2D eigenvalue weighted by Gasteiger charge is 2.16. The molecule has 0 aliphatic heterocycles. The number of nitrogens with zero attached hydrogens (tertiary/aromatic N) is 1. The number of hydrogen-bond donors (Lipinski definition) is 0. The van der Waals surface area contributed by atoms with Gasteiger partial charge in [0.25, 0.3) is 0 Å². The molecule has 0 saturated heterocycles. The molecule has 0 saturated carbocycles. The zero-order valence-corrected chi connectivity index (χ0v) is 9.52. The van der Waals surface area contributed by atoms with E-state index in [1.807, 2.05) is 0 Å². The third kappa shape index (κ3) is 2.15. The summed E-state index contributed by atoms with van der Waals surface area (Å²) in [5.41, 5.74) is 3.18. The van der Waals surface area contributed by atoms with Crippen LogP contribution < -0.4 is 0 Å². The van der Waals surface area contributed by atoms with Crippen LogP contribution in [0.2, 0.25) is 0 Å². The lowest BCUT2D eigenvalue weighted by Gasteiger charge is -2.15. The van der Waals surface area contributed by atoms with E-state index in [-0.39, 0.29) is 5.41 Å². The smallest absolute Gasteiger partial charge is 0.0193 e. The van der Waals surface area contributed by atoms with Crippen molar-refractivity contribution in [1.29, 1.82) is 0 Å². The molecule has 1 aromatic heterocycles. The molecule has 0 aromatic carbocycles. The molecule has 74 valence electrons. The highest BCUT2D eigenvalue weighted by Crippen LogP contribution is 2.24. The maximum absolute atomic E-state index is 2.35. The second kappa shape index (κ2) is 3.57. The van der Waals surface area contributed by atoms with Crippen LogP contribution in [0.5, 0.6) is 0 Å². The van der Waals surface area contributed by atoms with Gasteiger partial charge in [0, 0.05) is 18.4 Å². The summed E-state index contributed by atoms with van der Waals surface area (Å²) in [4.78, 5) is 0. The van der Waals surface area contributed by atoms with E-state index in [2.05, 4.69) is 51.4 Å². The highest BCUT2D eigenvalue weighted by molar-refractivity contribution is 5.25. The number of hydrogen-bond acceptors (Lipinski definition) is 0. The Morgan fingerprint density at radius 1 is 1.23 bits per heavy atom. The van der Waals surface area contributed by atoms with Crippen LogP contribution in [0.1, 0.15) is 45.9 Å². The van der Waals surface area contributed by atoms with Gasteiger partial charge < -0.3 is 4.57 Å². The number of rotatable bonds is 2. The molecule has 0 bridgehead atoms. The van der Waals surface area contributed by atoms with Crippen LogP contribution >= 0.6 is 0 Å². The van der Waals surface area contributed by atoms with Gasteiger partial charge in [-0.1, -0.05) is 27.7 Å². The monoisotopic (exact) mass is 179 g/mol. The van der Waals surface area contributed by atoms with Crippen LogP contribution in [-0.4, -0.2) is 4.57 Å². The van der Waals surface area contributed by atoms with E-state index in [4.69, 9.17) is 0 Å². The van der Waals surface area contributed by atoms with Crippen molar-refractivity contribution in [2.75, 3.05) is 0 Å². The quantitative estimate of drug-likeness (QED) is 0.656. The molecule has 1 rings (SSSR count). The summed E-state index contributed by atoms with van der Waals surface area (Å²) in [5, 5.41) is 0. The molecule has 0 unspecified atom stereocenters. The van der Waals surface area contributed by atoms with Gasteiger partial charge in [0.15, 0.2) is 0 Å². The Labute approximate surface area is 81.8 Å². The Hall–Kier alpha value is -0.720. The number of aromatic nitrogens is 1. The average molecular weight is 179 g/mol. The van der Waals surface area contributed by atoms with Crippen LogP contribution in [0.4, 0.5) is 0 Å². The van der Waals surface area contributed by atoms with E-state index in [1.54, 1.807) is 0 Å². The first-order chi connectivity index (χ1) is 5.99. The van der Waals surface area contributed by atoms with Crippen molar-refractivity contribution in [2.24, 2.45) is 0 Å². The average Bonchev–Trinajstić information content (AvgIpc) is 2.45. The molecule has 0 radical (unpaired) electrons. The van der Waals surface area contributed by atoms with Crippen molar-refractivity contribution >= 4 is 0 Å². The van der Waals surface area contributed by atoms with Gasteiger partial charge in [-0.05, 0) is 30.4 Å². The second-order valence-corrected chi connectivity index (χ2v) is 4.61. The molecule has 0 atom stereocenters. The minimum absolute atomic E-state index is 0.282. The first-order valence-electron chi connectivity index (χ1n) is 5.18. The number of aryl methyl sites for hydroxylation is 2. The largest absolute Gasteiger partial charge is 0.351 e. The summed E-state index contributed by atoms with van der Waals surface area (Å²) >= 11 is 0. The topological polar surface area (TPSA) is 4.93 Å². The van der Waals surface area contributed by atoms with E-state index in [0.717, 1.165) is 13.0 Å². The molecule has 0 aliphatic rings. The minimum Gasteiger partial charge on any atom is -0.351 e. The van der Waals surface area contributed by atoms with E-state index in [9.17, 15) is 0 Å². The fourth-order valence-corrected chi connectivity index (χ4v) is 1.56. The summed E-state index contributed by atoms with van der Waals surface area (Å²) in [6.07, 6.45) is 3.42. The molecule has 13 heavy (non-hydrogen) atoms. The van der Waals surface area contributed by atoms with Gasteiger partial charge >= 0.3 is 0 Å². The van der Waals surface area contributed by atoms with E-state index < -0.39 is 0 Å². The highest BCUT2D eigenvalue weighted by atomic mass is 15.0. The lowest BCUT2D eigenvalue weighted by atomic mass is 9.89. The summed E-state index contributed by atoms with van der Waals surface area (Å²) in [5.74, 6) is 0. The Morgan fingerprint density at radius 3 is 2.15 bits per heavy atom. The van der Waals surface area contributed by atoms with Crippen LogP contribution in [-0.2, 0) is 18.4 Å². The van der Waals surface area contributed by atoms with Crippen molar-refractivity contribution in [3.8, 4) is 0 Å². The Morgan fingerprint density at radius 2 is 1.85 bits per heavy atom. The van der Waals surface area contributed by atoms with Crippen LogP contribution in [0.25, 0.3) is 0 Å². The first-order valence-corrected chi connectivity index (χ1v) is 5.18. The summed E-state index contributed by atoms with van der Waals surface area (Å²) in [6.45, 7) is 12.3. The molecule has 1 aromatic rings. The van der Waals surface area contributed by atoms with Gasteiger partial charge in [-0.2, -0.15) is 0 Å². The summed E-state index contributed by atoms with van der Waals surface area (Å²) in [7, 11) is 0. The Bertz CT molecular complexity index is 254. The molecule has 1 nitrogen and oxygen atoms in total. The summed E-state index contributed by atoms with van der Waals surface area (Å²) < 4.78 is 2.35. The van der Waals surface area contributed by atoms with Crippen molar-refractivity contribution in [3.05, 3.63) is 23.5 Å². The van der Waals surface area contributed by atoms with Crippen molar-refractivity contribution in [2.45, 2.75) is 53.0 Å². The van der Waals surface area contributed by atoms with Gasteiger partial charge in [-0.15, -0.1) is 0 Å². The van der Waals surface area contributed by atoms with Crippen LogP contribution in [0.15, 0.2) is 12.3 Å². The van der Waals surface area contributed by atoms with E-state index in [0.29, 0.717) is 0 Å². The molecule has 0 spiro atoms. The van der Waals surface area contributed by atoms with Gasteiger partial charge in [0.1, 0.15) is 0 Å². The third-order valence-corrected chi connectivity index (χ3v) is 2.55. The van der Waals surface area contributed by atoms with Crippen molar-refractivity contribution in [3.63, 3.8) is 0 Å². The van der Waals surface area contributed by atoms with E-state index >= 15 is 0 Å². The Balaban J connectivity index is 3.07. The van der Waals surface area contributed by atoms with Crippen LogP contribution in [0.3, 0.4) is 0 Å². The lowest BCUT2D eigenvalue weighted by Crippen LogP contribution is -2.09. The molecule has 1 heteroatoms. The first kappa shape index (κ1) is 10.4. The van der Waals surface area contributed by atoms with Gasteiger partial charge in [0.2, 0.25) is 0 Å².